The van der Waals surface area contributed by atoms with E-state index < -0.39 is 6.10 Å². The van der Waals surface area contributed by atoms with Crippen molar-refractivity contribution >= 4 is 32.7 Å². The van der Waals surface area contributed by atoms with Gasteiger partial charge in [0.2, 0.25) is 0 Å². The van der Waals surface area contributed by atoms with Gasteiger partial charge in [-0.3, -0.25) is 5.32 Å². The number of amides is 2. The number of fused-ring (bicyclic) bond motifs is 1. The van der Waals surface area contributed by atoms with Crippen LogP contribution in [0.4, 0.5) is 9.93 Å². The molecule has 2 aromatic heterocycles. The first kappa shape index (κ1) is 15.5. The Labute approximate surface area is 137 Å². The van der Waals surface area contributed by atoms with Crippen LogP contribution in [0.1, 0.15) is 25.2 Å². The van der Waals surface area contributed by atoms with Crippen LogP contribution < -0.4 is 10.6 Å². The molecule has 3 aromatic rings. The van der Waals surface area contributed by atoms with Gasteiger partial charge < -0.3 is 14.8 Å². The summed E-state index contributed by atoms with van der Waals surface area (Å²) in [6, 6.07) is 10.6. The first-order valence-electron chi connectivity index (χ1n) is 7.26. The lowest BCUT2D eigenvalue weighted by molar-refractivity contribution is 0.130. The SMILES string of the molecule is C[C@H](C[C@H](O)c1ccco1)NC(=O)Nc1nc2ccccc2s1. The summed E-state index contributed by atoms with van der Waals surface area (Å²) in [6.45, 7) is 1.82. The topological polar surface area (TPSA) is 87.4 Å². The van der Waals surface area contributed by atoms with E-state index in [-0.39, 0.29) is 12.1 Å². The highest BCUT2D eigenvalue weighted by molar-refractivity contribution is 7.22. The van der Waals surface area contributed by atoms with E-state index >= 15 is 0 Å². The van der Waals surface area contributed by atoms with Crippen molar-refractivity contribution in [2.24, 2.45) is 0 Å². The molecule has 0 aliphatic heterocycles. The first-order valence-corrected chi connectivity index (χ1v) is 8.08. The quantitative estimate of drug-likeness (QED) is 0.667. The third kappa shape index (κ3) is 3.88. The molecule has 0 unspecified atom stereocenters. The maximum Gasteiger partial charge on any atom is 0.321 e. The monoisotopic (exact) mass is 331 g/mol. The van der Waals surface area contributed by atoms with Crippen molar-refractivity contribution in [3.8, 4) is 0 Å². The molecule has 23 heavy (non-hydrogen) atoms. The molecule has 0 aliphatic carbocycles. The van der Waals surface area contributed by atoms with Crippen LogP contribution >= 0.6 is 11.3 Å². The smallest absolute Gasteiger partial charge is 0.321 e. The number of benzene rings is 1. The zero-order chi connectivity index (χ0) is 16.2. The molecular weight excluding hydrogens is 314 g/mol. The molecule has 0 bridgehead atoms. The van der Waals surface area contributed by atoms with Gasteiger partial charge in [0.1, 0.15) is 11.9 Å². The molecule has 2 heterocycles. The van der Waals surface area contributed by atoms with Crippen LogP contribution in [0, 0.1) is 0 Å². The molecule has 3 rings (SSSR count). The molecule has 0 aliphatic rings. The van der Waals surface area contributed by atoms with Crippen LogP contribution in [0.15, 0.2) is 47.1 Å². The Kier molecular flexibility index (Phi) is 4.59. The lowest BCUT2D eigenvalue weighted by Crippen LogP contribution is -2.36. The highest BCUT2D eigenvalue weighted by atomic mass is 32.1. The highest BCUT2D eigenvalue weighted by Crippen LogP contribution is 2.25. The predicted molar refractivity (Wildman–Crippen MR) is 89.5 cm³/mol. The van der Waals surface area contributed by atoms with Gasteiger partial charge in [0.05, 0.1) is 16.5 Å². The van der Waals surface area contributed by atoms with Gasteiger partial charge >= 0.3 is 6.03 Å². The van der Waals surface area contributed by atoms with E-state index in [0.717, 1.165) is 10.2 Å². The average molecular weight is 331 g/mol. The number of hydrogen-bond acceptors (Lipinski definition) is 5. The van der Waals surface area contributed by atoms with E-state index in [0.29, 0.717) is 17.3 Å². The Balaban J connectivity index is 1.54. The number of aromatic nitrogens is 1. The van der Waals surface area contributed by atoms with E-state index in [4.69, 9.17) is 4.42 Å². The Bertz CT molecular complexity index is 752. The molecule has 0 saturated carbocycles. The zero-order valence-corrected chi connectivity index (χ0v) is 13.3. The molecule has 120 valence electrons. The second kappa shape index (κ2) is 6.80. The number of thiazole rings is 1. The van der Waals surface area contributed by atoms with Gasteiger partial charge in [-0.1, -0.05) is 23.5 Å². The number of carbonyl (C=O) groups is 1. The first-order chi connectivity index (χ1) is 11.1. The van der Waals surface area contributed by atoms with Crippen LogP contribution in [0.25, 0.3) is 10.2 Å². The molecule has 7 heteroatoms. The lowest BCUT2D eigenvalue weighted by atomic mass is 10.1. The fourth-order valence-electron chi connectivity index (χ4n) is 2.27. The normalized spacial score (nSPS) is 13.7. The third-order valence-corrected chi connectivity index (χ3v) is 4.29. The van der Waals surface area contributed by atoms with Crippen LogP contribution in [-0.4, -0.2) is 22.2 Å². The van der Waals surface area contributed by atoms with Gasteiger partial charge in [-0.25, -0.2) is 9.78 Å². The minimum Gasteiger partial charge on any atom is -0.467 e. The maximum absolute atomic E-state index is 12.0. The van der Waals surface area contributed by atoms with Gasteiger partial charge in [-0.15, -0.1) is 0 Å². The minimum absolute atomic E-state index is 0.218. The summed E-state index contributed by atoms with van der Waals surface area (Å²) in [5, 5.41) is 16.0. The fourth-order valence-corrected chi connectivity index (χ4v) is 3.13. The van der Waals surface area contributed by atoms with E-state index in [1.54, 1.807) is 12.1 Å². The van der Waals surface area contributed by atoms with Gasteiger partial charge in [0, 0.05) is 12.5 Å². The summed E-state index contributed by atoms with van der Waals surface area (Å²) in [5.74, 6) is 0.491. The molecule has 0 saturated heterocycles. The number of urea groups is 1. The number of rotatable bonds is 5. The fraction of sp³-hybridized carbons (Fsp3) is 0.250. The van der Waals surface area contributed by atoms with Gasteiger partial charge in [0.25, 0.3) is 0 Å². The number of carbonyl (C=O) groups excluding carboxylic acids is 1. The van der Waals surface area contributed by atoms with E-state index in [9.17, 15) is 9.90 Å². The number of hydrogen-bond donors (Lipinski definition) is 3. The van der Waals surface area contributed by atoms with Gasteiger partial charge in [-0.05, 0) is 31.2 Å². The van der Waals surface area contributed by atoms with Crippen molar-refractivity contribution < 1.29 is 14.3 Å². The maximum atomic E-state index is 12.0. The standard InChI is InChI=1S/C16H17N3O3S/c1-10(9-12(20)13-6-4-8-22-13)17-15(21)19-16-18-11-5-2-3-7-14(11)23-16/h2-8,10,12,20H,9H2,1H3,(H2,17,18,19,21)/t10-,12+/m1/s1. The van der Waals surface area contributed by atoms with Crippen LogP contribution in [-0.2, 0) is 0 Å². The lowest BCUT2D eigenvalue weighted by Gasteiger charge is -2.16. The minimum atomic E-state index is -0.747. The largest absolute Gasteiger partial charge is 0.467 e. The molecule has 1 aromatic carbocycles. The number of anilines is 1. The molecule has 2 atom stereocenters. The molecule has 0 spiro atoms. The Hall–Kier alpha value is -2.38. The highest BCUT2D eigenvalue weighted by Gasteiger charge is 2.17. The van der Waals surface area contributed by atoms with Crippen LogP contribution in [0.5, 0.6) is 0 Å². The number of aliphatic hydroxyl groups excluding tert-OH is 1. The number of nitrogens with zero attached hydrogens (tertiary/aromatic N) is 1. The molecule has 0 radical (unpaired) electrons. The van der Waals surface area contributed by atoms with Crippen LogP contribution in [0.2, 0.25) is 0 Å². The van der Waals surface area contributed by atoms with E-state index in [2.05, 4.69) is 15.6 Å². The zero-order valence-electron chi connectivity index (χ0n) is 12.5. The van der Waals surface area contributed by atoms with Crippen molar-refractivity contribution in [3.05, 3.63) is 48.4 Å². The summed E-state index contributed by atoms with van der Waals surface area (Å²) < 4.78 is 6.16. The predicted octanol–water partition coefficient (Wildman–Crippen LogP) is 3.52. The second-order valence-corrected chi connectivity index (χ2v) is 6.28. The van der Waals surface area contributed by atoms with Crippen molar-refractivity contribution in [2.45, 2.75) is 25.5 Å². The Morgan fingerprint density at radius 3 is 2.91 bits per heavy atom. The summed E-state index contributed by atoms with van der Waals surface area (Å²) in [4.78, 5) is 16.4. The summed E-state index contributed by atoms with van der Waals surface area (Å²) in [6.07, 6.45) is 1.12. The van der Waals surface area contributed by atoms with Crippen LogP contribution in [0.3, 0.4) is 0 Å². The molecule has 2 amide bonds. The number of para-hydroxylation sites is 1. The average Bonchev–Trinajstić information content (AvgIpc) is 3.15. The Morgan fingerprint density at radius 1 is 1.35 bits per heavy atom. The molecule has 3 N–H and O–H groups in total. The summed E-state index contributed by atoms with van der Waals surface area (Å²) in [5.41, 5.74) is 0.856. The number of furan rings is 1. The second-order valence-electron chi connectivity index (χ2n) is 5.25. The van der Waals surface area contributed by atoms with Crippen molar-refractivity contribution in [1.82, 2.24) is 10.3 Å². The molecule has 6 nitrogen and oxygen atoms in total. The number of nitrogens with one attached hydrogen (secondary N) is 2. The molecule has 0 fully saturated rings. The Morgan fingerprint density at radius 2 is 2.17 bits per heavy atom. The van der Waals surface area contributed by atoms with Crippen molar-refractivity contribution in [3.63, 3.8) is 0 Å². The van der Waals surface area contributed by atoms with Gasteiger partial charge in [-0.2, -0.15) is 0 Å². The van der Waals surface area contributed by atoms with Gasteiger partial charge in [0.15, 0.2) is 5.13 Å². The van der Waals surface area contributed by atoms with E-state index in [1.165, 1.54) is 17.6 Å². The third-order valence-electron chi connectivity index (χ3n) is 3.34. The summed E-state index contributed by atoms with van der Waals surface area (Å²) in [7, 11) is 0. The van der Waals surface area contributed by atoms with Crippen molar-refractivity contribution in [1.29, 1.82) is 0 Å². The number of aliphatic hydroxyl groups is 1. The van der Waals surface area contributed by atoms with E-state index in [1.807, 2.05) is 31.2 Å². The van der Waals surface area contributed by atoms with Crippen molar-refractivity contribution in [2.75, 3.05) is 5.32 Å². The molecular formula is C16H17N3O3S. The summed E-state index contributed by atoms with van der Waals surface area (Å²) >= 11 is 1.42.